The number of rotatable bonds is 4. The van der Waals surface area contributed by atoms with Crippen molar-refractivity contribution in [3.63, 3.8) is 0 Å². The molecule has 25 heavy (non-hydrogen) atoms. The van der Waals surface area contributed by atoms with E-state index in [4.69, 9.17) is 0 Å². The number of nitrogens with zero attached hydrogens (tertiary/aromatic N) is 2. The number of aromatic nitrogens is 2. The van der Waals surface area contributed by atoms with E-state index in [-0.39, 0.29) is 5.91 Å². The molecule has 0 spiro atoms. The molecule has 132 valence electrons. The Hall–Kier alpha value is -2.70. The summed E-state index contributed by atoms with van der Waals surface area (Å²) in [5, 5.41) is 10.4. The van der Waals surface area contributed by atoms with Crippen molar-refractivity contribution in [2.45, 2.75) is 33.6 Å². The molecule has 1 aromatic heterocycles. The molecule has 0 saturated heterocycles. The monoisotopic (exact) mass is 342 g/mol. The smallest absolute Gasteiger partial charge is 0.309 e. The van der Waals surface area contributed by atoms with Crippen LogP contribution in [0.2, 0.25) is 0 Å². The lowest BCUT2D eigenvalue weighted by Gasteiger charge is -2.37. The minimum Gasteiger partial charge on any atom is -0.481 e. The van der Waals surface area contributed by atoms with Crippen molar-refractivity contribution in [2.24, 2.45) is 16.7 Å². The lowest BCUT2D eigenvalue weighted by molar-refractivity contribution is -0.155. The largest absolute Gasteiger partial charge is 0.481 e. The highest BCUT2D eigenvalue weighted by Gasteiger charge is 2.58. The first-order valence-electron chi connectivity index (χ1n) is 8.26. The average Bonchev–Trinajstić information content (AvgIpc) is 2.83. The zero-order chi connectivity index (χ0) is 18.2. The summed E-state index contributed by atoms with van der Waals surface area (Å²) in [7, 11) is 0. The Kier molecular flexibility index (Phi) is 4.10. The Bertz CT molecular complexity index is 831. The van der Waals surface area contributed by atoms with Crippen molar-refractivity contribution in [2.75, 3.05) is 5.43 Å². The normalized spacial score (nSPS) is 24.8. The van der Waals surface area contributed by atoms with Gasteiger partial charge in [-0.25, -0.2) is 9.97 Å². The summed E-state index contributed by atoms with van der Waals surface area (Å²) in [5.74, 6) is -0.967. The summed E-state index contributed by atoms with van der Waals surface area (Å²) in [4.78, 5) is 32.7. The molecular weight excluding hydrogens is 320 g/mol. The quantitative estimate of drug-likeness (QED) is 0.738. The fraction of sp³-hybridized carbons (Fsp3) is 0.444. The summed E-state index contributed by atoms with van der Waals surface area (Å²) >= 11 is 0. The molecule has 2 atom stereocenters. The van der Waals surface area contributed by atoms with E-state index in [2.05, 4.69) is 20.8 Å². The van der Waals surface area contributed by atoms with Crippen LogP contribution in [0.15, 0.2) is 30.6 Å². The fourth-order valence-electron chi connectivity index (χ4n) is 3.65. The number of fused-ring (bicyclic) bond motifs is 1. The van der Waals surface area contributed by atoms with E-state index in [0.29, 0.717) is 18.7 Å². The van der Waals surface area contributed by atoms with Crippen LogP contribution in [-0.4, -0.2) is 27.0 Å². The Labute approximate surface area is 145 Å². The number of amides is 1. The molecule has 3 rings (SSSR count). The van der Waals surface area contributed by atoms with Crippen LogP contribution >= 0.6 is 0 Å². The van der Waals surface area contributed by atoms with E-state index < -0.39 is 22.7 Å². The van der Waals surface area contributed by atoms with Gasteiger partial charge < -0.3 is 5.11 Å². The van der Waals surface area contributed by atoms with E-state index in [1.165, 1.54) is 6.33 Å². The number of carbonyl (C=O) groups is 2. The SMILES string of the molecule is CC1(C(=O)O)CCC(C(=O)NNc2ncnc3ccccc23)C1(C)C. The molecule has 1 aliphatic carbocycles. The number of carboxylic acids is 1. The Morgan fingerprint density at radius 3 is 2.60 bits per heavy atom. The van der Waals surface area contributed by atoms with Crippen molar-refractivity contribution in [3.8, 4) is 0 Å². The minimum absolute atomic E-state index is 0.224. The predicted molar refractivity (Wildman–Crippen MR) is 93.6 cm³/mol. The number of aliphatic carboxylic acids is 1. The van der Waals surface area contributed by atoms with Gasteiger partial charge in [0.2, 0.25) is 5.91 Å². The highest BCUT2D eigenvalue weighted by molar-refractivity contribution is 5.90. The summed E-state index contributed by atoms with van der Waals surface area (Å²) in [6, 6.07) is 7.48. The number of benzene rings is 1. The number of anilines is 1. The van der Waals surface area contributed by atoms with Gasteiger partial charge in [0.05, 0.1) is 10.9 Å². The maximum atomic E-state index is 12.7. The highest BCUT2D eigenvalue weighted by Crippen LogP contribution is 2.56. The van der Waals surface area contributed by atoms with Crippen LogP contribution in [0.5, 0.6) is 0 Å². The van der Waals surface area contributed by atoms with Crippen LogP contribution in [-0.2, 0) is 9.59 Å². The van der Waals surface area contributed by atoms with Crippen LogP contribution in [0, 0.1) is 16.7 Å². The summed E-state index contributed by atoms with van der Waals surface area (Å²) in [6.07, 6.45) is 2.44. The molecule has 2 aromatic rings. The van der Waals surface area contributed by atoms with E-state index in [1.807, 2.05) is 38.1 Å². The highest BCUT2D eigenvalue weighted by atomic mass is 16.4. The van der Waals surface area contributed by atoms with Crippen molar-refractivity contribution < 1.29 is 14.7 Å². The van der Waals surface area contributed by atoms with Crippen molar-refractivity contribution in [3.05, 3.63) is 30.6 Å². The van der Waals surface area contributed by atoms with Crippen LogP contribution in [0.1, 0.15) is 33.6 Å². The number of para-hydroxylation sites is 1. The van der Waals surface area contributed by atoms with Gasteiger partial charge in [-0.05, 0) is 37.3 Å². The molecule has 0 aliphatic heterocycles. The summed E-state index contributed by atoms with van der Waals surface area (Å²) in [6.45, 7) is 5.41. The molecule has 1 saturated carbocycles. The first-order chi connectivity index (χ1) is 11.8. The van der Waals surface area contributed by atoms with Gasteiger partial charge in [0.25, 0.3) is 0 Å². The molecule has 7 nitrogen and oxygen atoms in total. The maximum Gasteiger partial charge on any atom is 0.309 e. The second-order valence-corrected chi connectivity index (χ2v) is 7.30. The second-order valence-electron chi connectivity index (χ2n) is 7.30. The number of carboxylic acid groups (broad SMARTS) is 1. The van der Waals surface area contributed by atoms with Gasteiger partial charge in [-0.1, -0.05) is 26.0 Å². The number of hydrazine groups is 1. The zero-order valence-electron chi connectivity index (χ0n) is 14.5. The first-order valence-corrected chi connectivity index (χ1v) is 8.26. The molecule has 0 radical (unpaired) electrons. The zero-order valence-corrected chi connectivity index (χ0v) is 14.5. The number of hydrogen-bond donors (Lipinski definition) is 3. The van der Waals surface area contributed by atoms with Crippen LogP contribution in [0.4, 0.5) is 5.82 Å². The molecular formula is C18H22N4O3. The lowest BCUT2D eigenvalue weighted by Crippen LogP contribution is -2.46. The molecule has 3 N–H and O–H groups in total. The van der Waals surface area contributed by atoms with Crippen molar-refractivity contribution >= 4 is 28.6 Å². The Morgan fingerprint density at radius 1 is 1.20 bits per heavy atom. The molecule has 0 bridgehead atoms. The molecule has 1 heterocycles. The average molecular weight is 342 g/mol. The number of nitrogens with one attached hydrogen (secondary N) is 2. The van der Waals surface area contributed by atoms with Crippen LogP contribution in [0.25, 0.3) is 10.9 Å². The third-order valence-electron chi connectivity index (χ3n) is 5.86. The van der Waals surface area contributed by atoms with Gasteiger partial charge in [-0.3, -0.25) is 20.4 Å². The summed E-state index contributed by atoms with van der Waals surface area (Å²) in [5.41, 5.74) is 4.75. The third kappa shape index (κ3) is 2.69. The van der Waals surface area contributed by atoms with E-state index in [9.17, 15) is 14.7 Å². The van der Waals surface area contributed by atoms with Crippen molar-refractivity contribution in [1.82, 2.24) is 15.4 Å². The fourth-order valence-corrected chi connectivity index (χ4v) is 3.65. The van der Waals surface area contributed by atoms with Crippen LogP contribution in [0.3, 0.4) is 0 Å². The maximum absolute atomic E-state index is 12.7. The van der Waals surface area contributed by atoms with E-state index in [1.54, 1.807) is 6.92 Å². The Morgan fingerprint density at radius 2 is 1.92 bits per heavy atom. The topological polar surface area (TPSA) is 104 Å². The third-order valence-corrected chi connectivity index (χ3v) is 5.86. The molecule has 1 aromatic carbocycles. The van der Waals surface area contributed by atoms with Gasteiger partial charge >= 0.3 is 5.97 Å². The predicted octanol–water partition coefficient (Wildman–Crippen LogP) is 2.60. The van der Waals surface area contributed by atoms with E-state index >= 15 is 0 Å². The van der Waals surface area contributed by atoms with Gasteiger partial charge in [-0.15, -0.1) is 0 Å². The summed E-state index contributed by atoms with van der Waals surface area (Å²) < 4.78 is 0. The van der Waals surface area contributed by atoms with E-state index in [0.717, 1.165) is 10.9 Å². The van der Waals surface area contributed by atoms with Gasteiger partial charge in [0, 0.05) is 11.3 Å². The second kappa shape index (κ2) is 5.98. The Balaban J connectivity index is 1.76. The molecule has 1 aliphatic rings. The van der Waals surface area contributed by atoms with Gasteiger partial charge in [0.15, 0.2) is 5.82 Å². The minimum atomic E-state index is -0.920. The van der Waals surface area contributed by atoms with Crippen LogP contribution < -0.4 is 10.9 Å². The van der Waals surface area contributed by atoms with Gasteiger partial charge in [-0.2, -0.15) is 0 Å². The lowest BCUT2D eigenvalue weighted by atomic mass is 9.65. The number of carbonyl (C=O) groups excluding carboxylic acids is 1. The molecule has 7 heteroatoms. The molecule has 2 unspecified atom stereocenters. The number of hydrogen-bond acceptors (Lipinski definition) is 5. The van der Waals surface area contributed by atoms with Crippen molar-refractivity contribution in [1.29, 1.82) is 0 Å². The molecule has 1 fully saturated rings. The first kappa shape index (κ1) is 17.1. The molecule has 1 amide bonds. The standard InChI is InChI=1S/C18H22N4O3/c1-17(2)12(8-9-18(17,3)16(24)25)15(23)22-21-14-11-6-4-5-7-13(11)19-10-20-14/h4-7,10,12H,8-9H2,1-3H3,(H,22,23)(H,24,25)(H,19,20,21). The van der Waals surface area contributed by atoms with Gasteiger partial charge in [0.1, 0.15) is 6.33 Å².